The van der Waals surface area contributed by atoms with Crippen LogP contribution < -0.4 is 0 Å². The zero-order chi connectivity index (χ0) is 5.54. The first-order valence-corrected chi connectivity index (χ1v) is 2.81. The number of hydrogen-bond donors (Lipinski definition) is 0. The highest BCUT2D eigenvalue weighted by molar-refractivity contribution is 4.57. The molecule has 1 nitrogen and oxygen atoms in total. The molecule has 0 saturated heterocycles. The van der Waals surface area contributed by atoms with Crippen LogP contribution in [0.15, 0.2) is 0 Å². The maximum absolute atomic E-state index is 5.02. The maximum Gasteiger partial charge on any atom is 0.0497 e. The van der Waals surface area contributed by atoms with Gasteiger partial charge in [-0.05, 0) is 13.3 Å². The molecule has 0 fully saturated rings. The lowest BCUT2D eigenvalue weighted by molar-refractivity contribution is 0.167. The molecule has 0 rings (SSSR count). The highest BCUT2D eigenvalue weighted by Crippen LogP contribution is 1.83. The van der Waals surface area contributed by atoms with E-state index in [-0.39, 0.29) is 0 Å². The summed E-state index contributed by atoms with van der Waals surface area (Å²) in [5.74, 6) is 0. The molecule has 0 aliphatic rings. The highest BCUT2D eigenvalue weighted by atomic mass is 16.5. The molecule has 7 heavy (non-hydrogen) atoms. The van der Waals surface area contributed by atoms with Gasteiger partial charge in [0.25, 0.3) is 0 Å². The van der Waals surface area contributed by atoms with Crippen LogP contribution in [0, 0.1) is 6.42 Å². The first kappa shape index (κ1) is 6.96. The third kappa shape index (κ3) is 5.96. The molecule has 0 heterocycles. The summed E-state index contributed by atoms with van der Waals surface area (Å²) < 4.78 is 5.02. The third-order valence-electron chi connectivity index (χ3n) is 0.729. The summed E-state index contributed by atoms with van der Waals surface area (Å²) in [5.41, 5.74) is 0. The zero-order valence-electron chi connectivity index (χ0n) is 5.11. The Kier molecular flexibility index (Phi) is 5.93. The van der Waals surface area contributed by atoms with Crippen molar-refractivity contribution in [3.63, 3.8) is 0 Å². The molecular weight excluding hydrogens is 88.1 g/mol. The molecule has 0 aliphatic carbocycles. The molecule has 43 valence electrons. The van der Waals surface area contributed by atoms with Crippen LogP contribution in [-0.2, 0) is 4.74 Å². The second-order valence-electron chi connectivity index (χ2n) is 1.36. The van der Waals surface area contributed by atoms with Crippen LogP contribution in [0.3, 0.4) is 0 Å². The smallest absolute Gasteiger partial charge is 0.0497 e. The van der Waals surface area contributed by atoms with Crippen molar-refractivity contribution < 1.29 is 4.74 Å². The maximum atomic E-state index is 5.02. The van der Waals surface area contributed by atoms with E-state index in [0.29, 0.717) is 0 Å². The predicted octanol–water partition coefficient (Wildman–Crippen LogP) is 1.64. The molecule has 0 atom stereocenters. The Labute approximate surface area is 45.7 Å². The summed E-state index contributed by atoms with van der Waals surface area (Å²) in [5, 5.41) is 0. The van der Waals surface area contributed by atoms with Gasteiger partial charge in [0.1, 0.15) is 0 Å². The van der Waals surface area contributed by atoms with Crippen molar-refractivity contribution in [1.82, 2.24) is 0 Å². The van der Waals surface area contributed by atoms with E-state index in [9.17, 15) is 0 Å². The van der Waals surface area contributed by atoms with Gasteiger partial charge in [-0.2, -0.15) is 0 Å². The summed E-state index contributed by atoms with van der Waals surface area (Å²) >= 11 is 0. The summed E-state index contributed by atoms with van der Waals surface area (Å²) in [4.78, 5) is 0. The van der Waals surface area contributed by atoms with Crippen LogP contribution >= 0.6 is 0 Å². The molecule has 0 N–H and O–H groups in total. The monoisotopic (exact) mass is 101 g/mol. The second kappa shape index (κ2) is 5.96. The van der Waals surface area contributed by atoms with E-state index < -0.39 is 0 Å². The lowest BCUT2D eigenvalue weighted by Gasteiger charge is -1.94. The summed E-state index contributed by atoms with van der Waals surface area (Å²) in [6, 6.07) is 0. The van der Waals surface area contributed by atoms with Gasteiger partial charge in [0.15, 0.2) is 0 Å². The van der Waals surface area contributed by atoms with Gasteiger partial charge >= 0.3 is 0 Å². The van der Waals surface area contributed by atoms with Gasteiger partial charge in [0, 0.05) is 13.2 Å². The van der Waals surface area contributed by atoms with Gasteiger partial charge < -0.3 is 4.74 Å². The lowest BCUT2D eigenvalue weighted by Crippen LogP contribution is -1.91. The summed E-state index contributed by atoms with van der Waals surface area (Å²) in [6.07, 6.45) is 3.23. The van der Waals surface area contributed by atoms with E-state index in [1.165, 1.54) is 0 Å². The van der Waals surface area contributed by atoms with E-state index in [0.717, 1.165) is 19.6 Å². The van der Waals surface area contributed by atoms with Gasteiger partial charge in [-0.25, -0.2) is 0 Å². The fourth-order valence-electron chi connectivity index (χ4n) is 0.319. The average molecular weight is 101 g/mol. The minimum atomic E-state index is 0.812. The van der Waals surface area contributed by atoms with Crippen LogP contribution in [0.5, 0.6) is 0 Å². The summed E-state index contributed by atoms with van der Waals surface area (Å²) in [7, 11) is 0. The van der Waals surface area contributed by atoms with Gasteiger partial charge in [-0.1, -0.05) is 13.3 Å². The molecule has 0 aliphatic heterocycles. The molecule has 0 aromatic heterocycles. The molecule has 0 bridgehead atoms. The Bertz CT molecular complexity index is 23.4. The lowest BCUT2D eigenvalue weighted by atomic mass is 10.4. The summed E-state index contributed by atoms with van der Waals surface area (Å²) in [6.45, 7) is 5.76. The van der Waals surface area contributed by atoms with Crippen LogP contribution in [0.1, 0.15) is 20.3 Å². The first-order chi connectivity index (χ1) is 3.41. The van der Waals surface area contributed by atoms with Crippen molar-refractivity contribution in [2.45, 2.75) is 20.3 Å². The molecule has 0 amide bonds. The SMILES string of the molecule is CC[CH]COCC. The number of rotatable bonds is 4. The molecule has 0 spiro atoms. The van der Waals surface area contributed by atoms with Crippen molar-refractivity contribution in [3.05, 3.63) is 6.42 Å². The molecule has 1 radical (unpaired) electrons. The van der Waals surface area contributed by atoms with Crippen molar-refractivity contribution in [3.8, 4) is 0 Å². The topological polar surface area (TPSA) is 9.23 Å². The molecular formula is C6H13O. The minimum Gasteiger partial charge on any atom is -0.381 e. The van der Waals surface area contributed by atoms with Crippen molar-refractivity contribution >= 4 is 0 Å². The normalized spacial score (nSPS) is 9.43. The predicted molar refractivity (Wildman–Crippen MR) is 31.1 cm³/mol. The Morgan fingerprint density at radius 2 is 2.14 bits per heavy atom. The standard InChI is InChI=1S/C6H13O/c1-3-5-6-7-4-2/h5H,3-4,6H2,1-2H3. The fraction of sp³-hybridized carbons (Fsp3) is 0.833. The average Bonchev–Trinajstić information content (AvgIpc) is 1.69. The van der Waals surface area contributed by atoms with Gasteiger partial charge in [-0.15, -0.1) is 0 Å². The Morgan fingerprint density at radius 3 is 2.57 bits per heavy atom. The molecule has 0 aromatic rings. The van der Waals surface area contributed by atoms with Crippen LogP contribution in [0.4, 0.5) is 0 Å². The molecule has 0 saturated carbocycles. The van der Waals surface area contributed by atoms with E-state index in [4.69, 9.17) is 4.74 Å². The highest BCUT2D eigenvalue weighted by Gasteiger charge is 1.79. The van der Waals surface area contributed by atoms with Crippen molar-refractivity contribution in [1.29, 1.82) is 0 Å². The van der Waals surface area contributed by atoms with E-state index in [1.54, 1.807) is 0 Å². The van der Waals surface area contributed by atoms with E-state index in [2.05, 4.69) is 13.3 Å². The van der Waals surface area contributed by atoms with E-state index in [1.807, 2.05) is 6.92 Å². The van der Waals surface area contributed by atoms with Crippen LogP contribution in [0.25, 0.3) is 0 Å². The largest absolute Gasteiger partial charge is 0.381 e. The molecule has 0 aromatic carbocycles. The van der Waals surface area contributed by atoms with Gasteiger partial charge in [-0.3, -0.25) is 0 Å². The van der Waals surface area contributed by atoms with Crippen LogP contribution in [-0.4, -0.2) is 13.2 Å². The third-order valence-corrected chi connectivity index (χ3v) is 0.729. The second-order valence-corrected chi connectivity index (χ2v) is 1.36. The Balaban J connectivity index is 2.45. The van der Waals surface area contributed by atoms with Gasteiger partial charge in [0.2, 0.25) is 0 Å². The number of hydrogen-bond acceptors (Lipinski definition) is 1. The zero-order valence-corrected chi connectivity index (χ0v) is 5.11. The Morgan fingerprint density at radius 1 is 1.43 bits per heavy atom. The van der Waals surface area contributed by atoms with Crippen LogP contribution in [0.2, 0.25) is 0 Å². The van der Waals surface area contributed by atoms with Gasteiger partial charge in [0.05, 0.1) is 0 Å². The number of unbranched alkanes of at least 4 members (excludes halogenated alkanes) is 1. The minimum absolute atomic E-state index is 0.812. The Hall–Kier alpha value is -0.0400. The fourth-order valence-corrected chi connectivity index (χ4v) is 0.319. The quantitative estimate of drug-likeness (QED) is 0.489. The molecule has 1 heteroatoms. The van der Waals surface area contributed by atoms with Crippen molar-refractivity contribution in [2.75, 3.05) is 13.2 Å². The van der Waals surface area contributed by atoms with Crippen molar-refractivity contribution in [2.24, 2.45) is 0 Å². The molecule has 0 unspecified atom stereocenters. The van der Waals surface area contributed by atoms with E-state index >= 15 is 0 Å². The first-order valence-electron chi connectivity index (χ1n) is 2.81. The number of ether oxygens (including phenoxy) is 1.